The van der Waals surface area contributed by atoms with Gasteiger partial charge in [-0.25, -0.2) is 0 Å². The van der Waals surface area contributed by atoms with Crippen LogP contribution in [0.2, 0.25) is 0 Å². The van der Waals surface area contributed by atoms with Gasteiger partial charge >= 0.3 is 0 Å². The Morgan fingerprint density at radius 1 is 1.33 bits per heavy atom. The molecule has 15 heavy (non-hydrogen) atoms. The number of nitrogens with two attached hydrogens (primary N) is 1. The molecule has 1 nitrogen and oxygen atoms in total. The van der Waals surface area contributed by atoms with Crippen LogP contribution in [0.3, 0.4) is 0 Å². The van der Waals surface area contributed by atoms with E-state index in [2.05, 4.69) is 38.1 Å². The third kappa shape index (κ3) is 1.49. The van der Waals surface area contributed by atoms with E-state index in [1.54, 1.807) is 0 Å². The van der Waals surface area contributed by atoms with E-state index in [9.17, 15) is 0 Å². The molecule has 1 aliphatic rings. The van der Waals surface area contributed by atoms with Crippen molar-refractivity contribution in [2.45, 2.75) is 19.3 Å². The molecule has 1 aromatic carbocycles. The molecule has 3 atom stereocenters. The Hall–Kier alpha value is -0.530. The number of benzene rings is 1. The van der Waals surface area contributed by atoms with Crippen LogP contribution in [0.4, 0.5) is 0 Å². The molecule has 2 rings (SSSR count). The second kappa shape index (κ2) is 3.80. The van der Waals surface area contributed by atoms with Crippen LogP contribution < -0.4 is 5.73 Å². The van der Waals surface area contributed by atoms with Crippen LogP contribution in [0.15, 0.2) is 24.3 Å². The van der Waals surface area contributed by atoms with E-state index in [0.717, 1.165) is 0 Å². The van der Waals surface area contributed by atoms with Gasteiger partial charge in [-0.1, -0.05) is 36.8 Å². The maximum absolute atomic E-state index is 5.98. The maximum atomic E-state index is 5.98. The summed E-state index contributed by atoms with van der Waals surface area (Å²) in [4.78, 5) is 0. The summed E-state index contributed by atoms with van der Waals surface area (Å²) in [6.45, 7) is 5.06. The predicted octanol–water partition coefficient (Wildman–Crippen LogP) is 2.70. The fourth-order valence-corrected chi connectivity index (χ4v) is 3.34. The van der Waals surface area contributed by atoms with Crippen molar-refractivity contribution >= 4 is 11.6 Å². The highest BCUT2D eigenvalue weighted by Crippen LogP contribution is 2.59. The highest BCUT2D eigenvalue weighted by molar-refractivity contribution is 6.18. The minimum Gasteiger partial charge on any atom is -0.330 e. The fraction of sp³-hybridized carbons (Fsp3) is 0.538. The summed E-state index contributed by atoms with van der Waals surface area (Å²) in [7, 11) is 0. The monoisotopic (exact) mass is 223 g/mol. The molecule has 0 bridgehead atoms. The van der Waals surface area contributed by atoms with Crippen molar-refractivity contribution < 1.29 is 0 Å². The minimum absolute atomic E-state index is 0.148. The van der Waals surface area contributed by atoms with Gasteiger partial charge in [0.2, 0.25) is 0 Å². The smallest absolute Gasteiger partial charge is 0.0263 e. The number of hydrogen-bond acceptors (Lipinski definition) is 1. The van der Waals surface area contributed by atoms with Crippen molar-refractivity contribution in [3.63, 3.8) is 0 Å². The number of aryl methyl sites for hydroxylation is 1. The molecule has 0 aliphatic heterocycles. The zero-order chi connectivity index (χ0) is 11.1. The van der Waals surface area contributed by atoms with Gasteiger partial charge in [0.15, 0.2) is 0 Å². The Morgan fingerprint density at radius 3 is 2.33 bits per heavy atom. The molecule has 0 radical (unpaired) electrons. The molecule has 2 N–H and O–H groups in total. The van der Waals surface area contributed by atoms with Crippen LogP contribution in [-0.2, 0) is 5.41 Å². The van der Waals surface area contributed by atoms with Crippen LogP contribution in [0, 0.1) is 18.8 Å². The molecule has 1 fully saturated rings. The standard InChI is InChI=1S/C13H18ClN/c1-9-3-5-11(6-4-9)13(8-15)10(2)12(13)7-14/h3-6,10,12H,7-8,15H2,1-2H3/t10-,12?,13-/m1/s1. The van der Waals surface area contributed by atoms with E-state index in [-0.39, 0.29) is 5.41 Å². The number of hydrogen-bond donors (Lipinski definition) is 1. The lowest BCUT2D eigenvalue weighted by Crippen LogP contribution is -2.24. The van der Waals surface area contributed by atoms with Gasteiger partial charge < -0.3 is 5.73 Å². The van der Waals surface area contributed by atoms with Gasteiger partial charge in [-0.05, 0) is 24.3 Å². The van der Waals surface area contributed by atoms with Crippen molar-refractivity contribution in [1.82, 2.24) is 0 Å². The molecular formula is C13H18ClN. The van der Waals surface area contributed by atoms with Gasteiger partial charge in [0, 0.05) is 17.8 Å². The molecule has 82 valence electrons. The Labute approximate surface area is 96.6 Å². The first kappa shape index (κ1) is 11.0. The van der Waals surface area contributed by atoms with Gasteiger partial charge in [-0.2, -0.15) is 0 Å². The van der Waals surface area contributed by atoms with E-state index >= 15 is 0 Å². The van der Waals surface area contributed by atoms with Crippen LogP contribution in [0.25, 0.3) is 0 Å². The van der Waals surface area contributed by atoms with E-state index in [1.807, 2.05) is 0 Å². The van der Waals surface area contributed by atoms with E-state index in [0.29, 0.717) is 24.3 Å². The predicted molar refractivity (Wildman–Crippen MR) is 65.3 cm³/mol. The van der Waals surface area contributed by atoms with E-state index in [4.69, 9.17) is 17.3 Å². The normalized spacial score (nSPS) is 34.1. The lowest BCUT2D eigenvalue weighted by atomic mass is 9.91. The molecule has 1 aromatic rings. The first-order valence-electron chi connectivity index (χ1n) is 5.50. The largest absolute Gasteiger partial charge is 0.330 e. The molecule has 1 saturated carbocycles. The molecule has 1 unspecified atom stereocenters. The molecule has 0 heterocycles. The summed E-state index contributed by atoms with van der Waals surface area (Å²) in [6, 6.07) is 8.71. The van der Waals surface area contributed by atoms with Crippen LogP contribution >= 0.6 is 11.6 Å². The molecule has 0 amide bonds. The quantitative estimate of drug-likeness (QED) is 0.784. The fourth-order valence-electron chi connectivity index (χ4n) is 2.79. The van der Waals surface area contributed by atoms with Crippen molar-refractivity contribution in [3.05, 3.63) is 35.4 Å². The van der Waals surface area contributed by atoms with Gasteiger partial charge in [0.1, 0.15) is 0 Å². The summed E-state index contributed by atoms with van der Waals surface area (Å²) < 4.78 is 0. The van der Waals surface area contributed by atoms with Gasteiger partial charge in [-0.15, -0.1) is 11.6 Å². The molecule has 1 aliphatic carbocycles. The first-order chi connectivity index (χ1) is 7.16. The average molecular weight is 224 g/mol. The molecule has 0 saturated heterocycles. The Bertz CT molecular complexity index is 346. The van der Waals surface area contributed by atoms with Crippen LogP contribution in [0.1, 0.15) is 18.1 Å². The number of alkyl halides is 1. The summed E-state index contributed by atoms with van der Waals surface area (Å²) in [5.41, 5.74) is 8.73. The zero-order valence-corrected chi connectivity index (χ0v) is 10.1. The van der Waals surface area contributed by atoms with E-state index in [1.165, 1.54) is 11.1 Å². The van der Waals surface area contributed by atoms with Crippen LogP contribution in [-0.4, -0.2) is 12.4 Å². The van der Waals surface area contributed by atoms with Gasteiger partial charge in [-0.3, -0.25) is 0 Å². The average Bonchev–Trinajstić information content (AvgIpc) is 2.85. The topological polar surface area (TPSA) is 26.0 Å². The van der Waals surface area contributed by atoms with Gasteiger partial charge in [0.05, 0.1) is 0 Å². The van der Waals surface area contributed by atoms with Crippen molar-refractivity contribution in [2.75, 3.05) is 12.4 Å². The van der Waals surface area contributed by atoms with Crippen LogP contribution in [0.5, 0.6) is 0 Å². The second-order valence-corrected chi connectivity index (χ2v) is 4.97. The summed E-state index contributed by atoms with van der Waals surface area (Å²) in [5, 5.41) is 0. The zero-order valence-electron chi connectivity index (χ0n) is 9.33. The first-order valence-corrected chi connectivity index (χ1v) is 6.03. The second-order valence-electron chi connectivity index (χ2n) is 4.66. The maximum Gasteiger partial charge on any atom is 0.0263 e. The number of halogens is 1. The van der Waals surface area contributed by atoms with Crippen molar-refractivity contribution in [1.29, 1.82) is 0 Å². The van der Waals surface area contributed by atoms with Crippen molar-refractivity contribution in [3.8, 4) is 0 Å². The third-order valence-electron chi connectivity index (χ3n) is 4.06. The third-order valence-corrected chi connectivity index (χ3v) is 4.39. The lowest BCUT2D eigenvalue weighted by molar-refractivity contribution is 0.621. The summed E-state index contributed by atoms with van der Waals surface area (Å²) in [6.07, 6.45) is 0. The molecular weight excluding hydrogens is 206 g/mol. The Kier molecular flexibility index (Phi) is 2.78. The summed E-state index contributed by atoms with van der Waals surface area (Å²) in [5.74, 6) is 1.88. The SMILES string of the molecule is Cc1ccc([C@]2(CN)C(CCl)[C@H]2C)cc1. The summed E-state index contributed by atoms with van der Waals surface area (Å²) >= 11 is 5.98. The Balaban J connectivity index is 2.33. The highest BCUT2D eigenvalue weighted by Gasteiger charge is 2.60. The molecule has 0 spiro atoms. The minimum atomic E-state index is 0.148. The van der Waals surface area contributed by atoms with Gasteiger partial charge in [0.25, 0.3) is 0 Å². The molecule has 2 heteroatoms. The molecule has 0 aromatic heterocycles. The Morgan fingerprint density at radius 2 is 1.93 bits per heavy atom. The van der Waals surface area contributed by atoms with E-state index < -0.39 is 0 Å². The number of rotatable bonds is 3. The lowest BCUT2D eigenvalue weighted by Gasteiger charge is -2.16. The highest BCUT2D eigenvalue weighted by atomic mass is 35.5. The van der Waals surface area contributed by atoms with Crippen molar-refractivity contribution in [2.24, 2.45) is 17.6 Å².